The molecule has 102 valence electrons. The van der Waals surface area contributed by atoms with Gasteiger partial charge in [-0.3, -0.25) is 0 Å². The lowest BCUT2D eigenvalue weighted by molar-refractivity contribution is 0.686. The molecule has 1 aliphatic carbocycles. The van der Waals surface area contributed by atoms with Gasteiger partial charge in [0, 0.05) is 42.0 Å². The molecule has 1 aromatic carbocycles. The van der Waals surface area contributed by atoms with Crippen molar-refractivity contribution in [3.8, 4) is 0 Å². The smallest absolute Gasteiger partial charge is 0.0483 e. The molecule has 0 radical (unpaired) electrons. The Hall–Kier alpha value is -0.930. The highest BCUT2D eigenvalue weighted by atomic mass is 32.2. The zero-order valence-corrected chi connectivity index (χ0v) is 12.4. The standard InChI is InChI=1S/C16H22N2S/c1-2-19-10-9-18-12-13(11-17-14-7-8-14)15-5-3-4-6-16(15)18/h3-6,12,14,17H,2,7-11H2,1H3. The van der Waals surface area contributed by atoms with Gasteiger partial charge in [0.05, 0.1) is 0 Å². The molecule has 0 unspecified atom stereocenters. The van der Waals surface area contributed by atoms with Crippen LogP contribution in [0, 0.1) is 0 Å². The Bertz CT molecular complexity index is 543. The van der Waals surface area contributed by atoms with E-state index in [1.165, 1.54) is 40.8 Å². The number of nitrogens with one attached hydrogen (secondary N) is 1. The summed E-state index contributed by atoms with van der Waals surface area (Å²) < 4.78 is 2.42. The molecule has 1 N–H and O–H groups in total. The first-order valence-electron chi connectivity index (χ1n) is 7.26. The van der Waals surface area contributed by atoms with Gasteiger partial charge in [-0.1, -0.05) is 25.1 Å². The number of benzene rings is 1. The maximum atomic E-state index is 3.63. The molecule has 1 saturated carbocycles. The molecule has 3 rings (SSSR count). The van der Waals surface area contributed by atoms with Gasteiger partial charge >= 0.3 is 0 Å². The fraction of sp³-hybridized carbons (Fsp3) is 0.500. The molecule has 0 spiro atoms. The highest BCUT2D eigenvalue weighted by Crippen LogP contribution is 2.24. The van der Waals surface area contributed by atoms with Crippen molar-refractivity contribution in [3.05, 3.63) is 36.0 Å². The summed E-state index contributed by atoms with van der Waals surface area (Å²) in [5, 5.41) is 5.04. The number of thioether (sulfide) groups is 1. The fourth-order valence-electron chi connectivity index (χ4n) is 2.50. The number of aromatic nitrogens is 1. The average Bonchev–Trinajstić information content (AvgIpc) is 3.20. The van der Waals surface area contributed by atoms with Crippen LogP contribution in [0.1, 0.15) is 25.3 Å². The first-order valence-corrected chi connectivity index (χ1v) is 8.42. The third-order valence-electron chi connectivity index (χ3n) is 3.71. The summed E-state index contributed by atoms with van der Waals surface area (Å²) in [7, 11) is 0. The molecule has 1 fully saturated rings. The number of aryl methyl sites for hydroxylation is 1. The molecule has 1 heterocycles. The third kappa shape index (κ3) is 3.15. The number of fused-ring (bicyclic) bond motifs is 1. The molecule has 0 aliphatic heterocycles. The number of hydrogen-bond acceptors (Lipinski definition) is 2. The highest BCUT2D eigenvalue weighted by molar-refractivity contribution is 7.99. The van der Waals surface area contributed by atoms with Crippen molar-refractivity contribution in [1.82, 2.24) is 9.88 Å². The number of para-hydroxylation sites is 1. The van der Waals surface area contributed by atoms with Gasteiger partial charge in [0.2, 0.25) is 0 Å². The van der Waals surface area contributed by atoms with Crippen molar-refractivity contribution >= 4 is 22.7 Å². The van der Waals surface area contributed by atoms with E-state index >= 15 is 0 Å². The Morgan fingerprint density at radius 1 is 1.32 bits per heavy atom. The zero-order valence-electron chi connectivity index (χ0n) is 11.6. The molecular weight excluding hydrogens is 252 g/mol. The van der Waals surface area contributed by atoms with Crippen molar-refractivity contribution < 1.29 is 0 Å². The summed E-state index contributed by atoms with van der Waals surface area (Å²) in [4.78, 5) is 0. The molecule has 0 atom stereocenters. The van der Waals surface area contributed by atoms with Gasteiger partial charge in [-0.25, -0.2) is 0 Å². The van der Waals surface area contributed by atoms with Crippen LogP contribution in [0.3, 0.4) is 0 Å². The molecule has 0 saturated heterocycles. The molecule has 1 aliphatic rings. The lowest BCUT2D eigenvalue weighted by atomic mass is 10.2. The van der Waals surface area contributed by atoms with E-state index in [4.69, 9.17) is 0 Å². The van der Waals surface area contributed by atoms with Crippen molar-refractivity contribution in [1.29, 1.82) is 0 Å². The van der Waals surface area contributed by atoms with Crippen LogP contribution in [0.4, 0.5) is 0 Å². The van der Waals surface area contributed by atoms with E-state index in [-0.39, 0.29) is 0 Å². The minimum Gasteiger partial charge on any atom is -0.346 e. The predicted molar refractivity (Wildman–Crippen MR) is 84.8 cm³/mol. The Balaban J connectivity index is 1.79. The number of nitrogens with zero attached hydrogens (tertiary/aromatic N) is 1. The molecule has 0 bridgehead atoms. The van der Waals surface area contributed by atoms with E-state index in [0.717, 1.165) is 19.1 Å². The second kappa shape index (κ2) is 6.02. The van der Waals surface area contributed by atoms with E-state index in [9.17, 15) is 0 Å². The monoisotopic (exact) mass is 274 g/mol. The van der Waals surface area contributed by atoms with E-state index in [2.05, 4.69) is 47.3 Å². The van der Waals surface area contributed by atoms with Crippen molar-refractivity contribution in [2.75, 3.05) is 11.5 Å². The molecule has 1 aromatic heterocycles. The van der Waals surface area contributed by atoms with Gasteiger partial charge in [0.1, 0.15) is 0 Å². The summed E-state index contributed by atoms with van der Waals surface area (Å²) in [6.45, 7) is 4.35. The van der Waals surface area contributed by atoms with Gasteiger partial charge in [-0.05, 0) is 30.2 Å². The van der Waals surface area contributed by atoms with E-state index in [0.29, 0.717) is 0 Å². The largest absolute Gasteiger partial charge is 0.346 e. The molecule has 19 heavy (non-hydrogen) atoms. The second-order valence-electron chi connectivity index (χ2n) is 5.22. The Kier molecular flexibility index (Phi) is 4.14. The molecular formula is C16H22N2S. The quantitative estimate of drug-likeness (QED) is 0.776. The Labute approximate surface area is 119 Å². The van der Waals surface area contributed by atoms with Crippen molar-refractivity contribution in [2.45, 2.75) is 38.9 Å². The fourth-order valence-corrected chi connectivity index (χ4v) is 3.11. The summed E-state index contributed by atoms with van der Waals surface area (Å²) in [5.41, 5.74) is 2.83. The van der Waals surface area contributed by atoms with E-state index < -0.39 is 0 Å². The van der Waals surface area contributed by atoms with Gasteiger partial charge in [-0.15, -0.1) is 0 Å². The second-order valence-corrected chi connectivity index (χ2v) is 6.61. The molecule has 2 aromatic rings. The van der Waals surface area contributed by atoms with E-state index in [1.807, 2.05) is 11.8 Å². The highest BCUT2D eigenvalue weighted by Gasteiger charge is 2.20. The van der Waals surface area contributed by atoms with Crippen LogP contribution in [-0.4, -0.2) is 22.1 Å². The number of rotatable bonds is 7. The van der Waals surface area contributed by atoms with Gasteiger partial charge in [-0.2, -0.15) is 11.8 Å². The van der Waals surface area contributed by atoms with Crippen molar-refractivity contribution in [3.63, 3.8) is 0 Å². The first-order chi connectivity index (χ1) is 9.38. The average molecular weight is 274 g/mol. The van der Waals surface area contributed by atoms with Gasteiger partial charge < -0.3 is 9.88 Å². The normalized spacial score (nSPS) is 15.2. The van der Waals surface area contributed by atoms with Gasteiger partial charge in [0.15, 0.2) is 0 Å². The minimum absolute atomic E-state index is 0.776. The molecule has 0 amide bonds. The summed E-state index contributed by atoms with van der Waals surface area (Å²) in [6, 6.07) is 9.56. The van der Waals surface area contributed by atoms with Crippen LogP contribution in [-0.2, 0) is 13.1 Å². The summed E-state index contributed by atoms with van der Waals surface area (Å²) in [6.07, 6.45) is 5.05. The molecule has 2 nitrogen and oxygen atoms in total. The predicted octanol–water partition coefficient (Wildman–Crippen LogP) is 3.65. The first kappa shape index (κ1) is 13.1. The molecule has 3 heteroatoms. The minimum atomic E-state index is 0.776. The van der Waals surface area contributed by atoms with Crippen LogP contribution >= 0.6 is 11.8 Å². The Morgan fingerprint density at radius 3 is 2.95 bits per heavy atom. The van der Waals surface area contributed by atoms with Crippen LogP contribution in [0.25, 0.3) is 10.9 Å². The van der Waals surface area contributed by atoms with Gasteiger partial charge in [0.25, 0.3) is 0 Å². The maximum Gasteiger partial charge on any atom is 0.0483 e. The van der Waals surface area contributed by atoms with Crippen LogP contribution in [0.15, 0.2) is 30.5 Å². The number of hydrogen-bond donors (Lipinski definition) is 1. The summed E-state index contributed by atoms with van der Waals surface area (Å²) in [5.74, 6) is 2.40. The lowest BCUT2D eigenvalue weighted by Crippen LogP contribution is -2.14. The third-order valence-corrected chi connectivity index (χ3v) is 4.59. The van der Waals surface area contributed by atoms with Crippen LogP contribution in [0.5, 0.6) is 0 Å². The Morgan fingerprint density at radius 2 is 2.16 bits per heavy atom. The topological polar surface area (TPSA) is 17.0 Å². The zero-order chi connectivity index (χ0) is 13.1. The summed E-state index contributed by atoms with van der Waals surface area (Å²) >= 11 is 2.01. The maximum absolute atomic E-state index is 3.63. The van der Waals surface area contributed by atoms with Crippen LogP contribution in [0.2, 0.25) is 0 Å². The SMILES string of the molecule is CCSCCn1cc(CNC2CC2)c2ccccc21. The van der Waals surface area contributed by atoms with Crippen LogP contribution < -0.4 is 5.32 Å². The van der Waals surface area contributed by atoms with Crippen molar-refractivity contribution in [2.24, 2.45) is 0 Å². The lowest BCUT2D eigenvalue weighted by Gasteiger charge is -2.03. The van der Waals surface area contributed by atoms with E-state index in [1.54, 1.807) is 0 Å².